The molecule has 0 atom stereocenters. The Morgan fingerprint density at radius 2 is 1.78 bits per heavy atom. The summed E-state index contributed by atoms with van der Waals surface area (Å²) >= 11 is 6.15. The third-order valence-corrected chi connectivity index (χ3v) is 4.87. The summed E-state index contributed by atoms with van der Waals surface area (Å²) in [6.07, 6.45) is 0. The van der Waals surface area contributed by atoms with Gasteiger partial charge in [0.1, 0.15) is 0 Å². The first kappa shape index (κ1) is 19.2. The molecular weight excluding hydrogens is 366 g/mol. The van der Waals surface area contributed by atoms with Crippen LogP contribution in [0.2, 0.25) is 5.02 Å². The number of piperazine rings is 1. The molecule has 3 rings (SSSR count). The fraction of sp³-hybridized carbons (Fsp3) is 0.300. The summed E-state index contributed by atoms with van der Waals surface area (Å²) in [6.45, 7) is 3.75. The predicted octanol–water partition coefficient (Wildman–Crippen LogP) is 3.48. The summed E-state index contributed by atoms with van der Waals surface area (Å²) in [6, 6.07) is 14.7. The van der Waals surface area contributed by atoms with Gasteiger partial charge in [0, 0.05) is 32.7 Å². The summed E-state index contributed by atoms with van der Waals surface area (Å²) in [5, 5.41) is 3.17. The molecule has 0 aliphatic carbocycles. The highest BCUT2D eigenvalue weighted by atomic mass is 35.5. The first-order valence-corrected chi connectivity index (χ1v) is 9.14. The average Bonchev–Trinajstić information content (AvgIpc) is 2.70. The third kappa shape index (κ3) is 4.99. The fourth-order valence-corrected chi connectivity index (χ4v) is 3.18. The molecule has 0 saturated carbocycles. The van der Waals surface area contributed by atoms with Gasteiger partial charge in [-0.25, -0.2) is 9.59 Å². The van der Waals surface area contributed by atoms with E-state index in [-0.39, 0.29) is 6.03 Å². The van der Waals surface area contributed by atoms with Gasteiger partial charge in [0.2, 0.25) is 0 Å². The molecule has 1 aliphatic rings. The van der Waals surface area contributed by atoms with E-state index >= 15 is 0 Å². The van der Waals surface area contributed by atoms with Crippen LogP contribution in [-0.4, -0.2) is 55.1 Å². The molecule has 2 aromatic rings. The minimum atomic E-state index is -0.475. The first-order chi connectivity index (χ1) is 13.1. The normalized spacial score (nSPS) is 14.7. The highest BCUT2D eigenvalue weighted by Gasteiger charge is 2.22. The lowest BCUT2D eigenvalue weighted by Crippen LogP contribution is -2.49. The number of hydrogen-bond donors (Lipinski definition) is 1. The summed E-state index contributed by atoms with van der Waals surface area (Å²) < 4.78 is 4.70. The Morgan fingerprint density at radius 3 is 2.44 bits per heavy atom. The van der Waals surface area contributed by atoms with E-state index in [2.05, 4.69) is 22.3 Å². The largest absolute Gasteiger partial charge is 0.465 e. The zero-order valence-corrected chi connectivity index (χ0v) is 15.9. The van der Waals surface area contributed by atoms with Gasteiger partial charge in [-0.1, -0.05) is 41.9 Å². The van der Waals surface area contributed by atoms with Crippen molar-refractivity contribution in [3.05, 3.63) is 64.7 Å². The van der Waals surface area contributed by atoms with E-state index in [0.29, 0.717) is 29.4 Å². The van der Waals surface area contributed by atoms with Gasteiger partial charge in [-0.2, -0.15) is 0 Å². The molecule has 1 aliphatic heterocycles. The molecule has 27 heavy (non-hydrogen) atoms. The van der Waals surface area contributed by atoms with Crippen molar-refractivity contribution in [1.29, 1.82) is 0 Å². The molecule has 0 aromatic heterocycles. The lowest BCUT2D eigenvalue weighted by molar-refractivity contribution is 0.0600. The highest BCUT2D eigenvalue weighted by Crippen LogP contribution is 2.24. The number of carbonyl (C=O) groups excluding carboxylic acids is 2. The molecule has 0 bridgehead atoms. The van der Waals surface area contributed by atoms with Crippen LogP contribution in [0.4, 0.5) is 10.5 Å². The molecule has 1 N–H and O–H groups in total. The van der Waals surface area contributed by atoms with Crippen LogP contribution in [0.15, 0.2) is 48.5 Å². The molecule has 7 heteroatoms. The maximum Gasteiger partial charge on any atom is 0.337 e. The van der Waals surface area contributed by atoms with E-state index in [0.717, 1.165) is 19.6 Å². The fourth-order valence-electron chi connectivity index (χ4n) is 3.01. The third-order valence-electron chi connectivity index (χ3n) is 4.54. The van der Waals surface area contributed by atoms with Crippen molar-refractivity contribution in [2.45, 2.75) is 6.54 Å². The van der Waals surface area contributed by atoms with Crippen molar-refractivity contribution in [3.8, 4) is 0 Å². The number of nitrogens with zero attached hydrogens (tertiary/aromatic N) is 2. The van der Waals surface area contributed by atoms with Crippen LogP contribution in [0.5, 0.6) is 0 Å². The Bertz CT molecular complexity index is 805. The maximum atomic E-state index is 12.6. The molecule has 2 aromatic carbocycles. The number of esters is 1. The SMILES string of the molecule is COC(=O)c1ccc(Cl)c(NC(=O)N2CCN(Cc3ccccc3)CC2)c1. The molecule has 0 unspecified atom stereocenters. The zero-order chi connectivity index (χ0) is 19.2. The standard InChI is InChI=1S/C20H22ClN3O3/c1-27-19(25)16-7-8-17(21)18(13-16)22-20(26)24-11-9-23(10-12-24)14-15-5-3-2-4-6-15/h2-8,13H,9-12,14H2,1H3,(H,22,26). The smallest absolute Gasteiger partial charge is 0.337 e. The Morgan fingerprint density at radius 1 is 1.07 bits per heavy atom. The number of halogens is 1. The summed E-state index contributed by atoms with van der Waals surface area (Å²) in [7, 11) is 1.31. The second-order valence-electron chi connectivity index (χ2n) is 6.37. The van der Waals surface area contributed by atoms with Gasteiger partial charge in [0.05, 0.1) is 23.4 Å². The van der Waals surface area contributed by atoms with Crippen LogP contribution in [0, 0.1) is 0 Å². The molecule has 1 saturated heterocycles. The van der Waals surface area contributed by atoms with Crippen molar-refractivity contribution in [3.63, 3.8) is 0 Å². The monoisotopic (exact) mass is 387 g/mol. The first-order valence-electron chi connectivity index (χ1n) is 8.77. The van der Waals surface area contributed by atoms with Crippen molar-refractivity contribution in [1.82, 2.24) is 9.80 Å². The number of benzene rings is 2. The number of ether oxygens (including phenoxy) is 1. The van der Waals surface area contributed by atoms with Gasteiger partial charge in [0.15, 0.2) is 0 Å². The van der Waals surface area contributed by atoms with Crippen LogP contribution in [0.1, 0.15) is 15.9 Å². The second-order valence-corrected chi connectivity index (χ2v) is 6.77. The van der Waals surface area contributed by atoms with Crippen molar-refractivity contribution in [2.75, 3.05) is 38.6 Å². The molecule has 1 heterocycles. The topological polar surface area (TPSA) is 61.9 Å². The zero-order valence-electron chi connectivity index (χ0n) is 15.2. The van der Waals surface area contributed by atoms with E-state index < -0.39 is 5.97 Å². The summed E-state index contributed by atoms with van der Waals surface area (Å²) in [5.41, 5.74) is 2.00. The van der Waals surface area contributed by atoms with E-state index in [9.17, 15) is 9.59 Å². The van der Waals surface area contributed by atoms with E-state index in [4.69, 9.17) is 16.3 Å². The van der Waals surface area contributed by atoms with Gasteiger partial charge in [-0.05, 0) is 23.8 Å². The Labute approximate surface area is 163 Å². The van der Waals surface area contributed by atoms with Crippen molar-refractivity contribution < 1.29 is 14.3 Å². The minimum absolute atomic E-state index is 0.224. The molecular formula is C20H22ClN3O3. The number of urea groups is 1. The van der Waals surface area contributed by atoms with Crippen molar-refractivity contribution >= 4 is 29.3 Å². The number of hydrogen-bond acceptors (Lipinski definition) is 4. The number of carbonyl (C=O) groups is 2. The number of amides is 2. The molecule has 2 amide bonds. The highest BCUT2D eigenvalue weighted by molar-refractivity contribution is 6.33. The molecule has 1 fully saturated rings. The van der Waals surface area contributed by atoms with Gasteiger partial charge >= 0.3 is 12.0 Å². The van der Waals surface area contributed by atoms with E-state index in [1.165, 1.54) is 18.7 Å². The molecule has 6 nitrogen and oxygen atoms in total. The van der Waals surface area contributed by atoms with Crippen LogP contribution in [-0.2, 0) is 11.3 Å². The van der Waals surface area contributed by atoms with E-state index in [1.54, 1.807) is 17.0 Å². The second kappa shape index (κ2) is 8.88. The Kier molecular flexibility index (Phi) is 6.32. The average molecular weight is 388 g/mol. The molecule has 0 radical (unpaired) electrons. The van der Waals surface area contributed by atoms with Gasteiger partial charge in [-0.15, -0.1) is 0 Å². The summed E-state index contributed by atoms with van der Waals surface area (Å²) in [5.74, 6) is -0.475. The van der Waals surface area contributed by atoms with Crippen LogP contribution >= 0.6 is 11.6 Å². The Balaban J connectivity index is 1.56. The number of anilines is 1. The van der Waals surface area contributed by atoms with Gasteiger partial charge in [0.25, 0.3) is 0 Å². The summed E-state index contributed by atoms with van der Waals surface area (Å²) in [4.78, 5) is 28.3. The van der Waals surface area contributed by atoms with Crippen molar-refractivity contribution in [2.24, 2.45) is 0 Å². The van der Waals surface area contributed by atoms with Gasteiger partial charge < -0.3 is 15.0 Å². The van der Waals surface area contributed by atoms with Crippen LogP contribution in [0.25, 0.3) is 0 Å². The lowest BCUT2D eigenvalue weighted by Gasteiger charge is -2.34. The number of nitrogens with one attached hydrogen (secondary N) is 1. The van der Waals surface area contributed by atoms with E-state index in [1.807, 2.05) is 18.2 Å². The van der Waals surface area contributed by atoms with Gasteiger partial charge in [-0.3, -0.25) is 4.90 Å². The lowest BCUT2D eigenvalue weighted by atomic mass is 10.2. The number of methoxy groups -OCH3 is 1. The Hall–Kier alpha value is -2.57. The molecule has 142 valence electrons. The molecule has 0 spiro atoms. The predicted molar refractivity (Wildman–Crippen MR) is 105 cm³/mol. The minimum Gasteiger partial charge on any atom is -0.465 e. The van der Waals surface area contributed by atoms with Crippen LogP contribution < -0.4 is 5.32 Å². The quantitative estimate of drug-likeness (QED) is 0.816. The number of rotatable bonds is 4. The maximum absolute atomic E-state index is 12.6. The van der Waals surface area contributed by atoms with Crippen LogP contribution in [0.3, 0.4) is 0 Å².